The van der Waals surface area contributed by atoms with E-state index in [2.05, 4.69) is 17.0 Å². The second-order valence-corrected chi connectivity index (χ2v) is 7.04. The first-order valence-electron chi connectivity index (χ1n) is 6.30. The molecule has 0 spiro atoms. The van der Waals surface area contributed by atoms with Gasteiger partial charge in [0.2, 0.25) is 0 Å². The summed E-state index contributed by atoms with van der Waals surface area (Å²) in [4.78, 5) is 2.20. The van der Waals surface area contributed by atoms with Gasteiger partial charge >= 0.3 is 0 Å². The molecule has 2 rings (SSSR count). The number of benzene rings is 1. The molecule has 2 N–H and O–H groups in total. The minimum atomic E-state index is -2.79. The first-order valence-corrected chi connectivity index (χ1v) is 8.12. The van der Waals surface area contributed by atoms with E-state index < -0.39 is 9.84 Å². The van der Waals surface area contributed by atoms with Crippen molar-refractivity contribution in [1.82, 2.24) is 4.90 Å². The Balaban J connectivity index is 2.02. The third-order valence-corrected chi connectivity index (χ3v) is 4.97. The number of sulfone groups is 1. The quantitative estimate of drug-likeness (QED) is 0.859. The Morgan fingerprint density at radius 1 is 1.11 bits per heavy atom. The molecule has 1 heterocycles. The van der Waals surface area contributed by atoms with Crippen molar-refractivity contribution in [2.45, 2.75) is 13.0 Å². The summed E-state index contributed by atoms with van der Waals surface area (Å²) in [6, 6.07) is 8.25. The Bertz CT molecular complexity index is 485. The molecule has 0 aromatic heterocycles. The Kier molecular flexibility index (Phi) is 4.37. The fourth-order valence-electron chi connectivity index (χ4n) is 2.26. The van der Waals surface area contributed by atoms with Crippen LogP contribution in [0.5, 0.6) is 0 Å². The Morgan fingerprint density at radius 3 is 2.33 bits per heavy atom. The van der Waals surface area contributed by atoms with E-state index in [4.69, 9.17) is 5.73 Å². The number of hydrogen-bond donors (Lipinski definition) is 1. The summed E-state index contributed by atoms with van der Waals surface area (Å²) < 4.78 is 22.7. The molecule has 0 atom stereocenters. The fourth-order valence-corrected chi connectivity index (χ4v) is 3.54. The van der Waals surface area contributed by atoms with Crippen LogP contribution in [0.25, 0.3) is 0 Å². The van der Waals surface area contributed by atoms with Gasteiger partial charge in [0.05, 0.1) is 11.5 Å². The molecule has 1 aromatic rings. The first kappa shape index (κ1) is 13.5. The molecule has 1 aromatic carbocycles. The smallest absolute Gasteiger partial charge is 0.152 e. The van der Waals surface area contributed by atoms with E-state index in [-0.39, 0.29) is 11.5 Å². The van der Waals surface area contributed by atoms with Crippen molar-refractivity contribution in [2.75, 3.05) is 31.1 Å². The lowest BCUT2D eigenvalue weighted by atomic mass is 10.0. The van der Waals surface area contributed by atoms with Crippen LogP contribution >= 0.6 is 0 Å². The minimum absolute atomic E-state index is 0.284. The van der Waals surface area contributed by atoms with E-state index in [1.54, 1.807) is 0 Å². The summed E-state index contributed by atoms with van der Waals surface area (Å²) in [6.07, 6.45) is 0.877. The summed E-state index contributed by atoms with van der Waals surface area (Å²) in [5.41, 5.74) is 8.14. The highest BCUT2D eigenvalue weighted by Gasteiger charge is 2.21. The zero-order valence-electron chi connectivity index (χ0n) is 10.5. The summed E-state index contributed by atoms with van der Waals surface area (Å²) >= 11 is 0. The molecule has 1 saturated heterocycles. The van der Waals surface area contributed by atoms with Crippen LogP contribution in [-0.4, -0.2) is 44.5 Å². The van der Waals surface area contributed by atoms with E-state index in [1.807, 2.05) is 12.1 Å². The standard InChI is InChI=1S/C13H20N2O2S/c14-6-5-12-3-1-2-4-13(12)11-15-7-9-18(16,17)10-8-15/h1-4H,5-11,14H2. The van der Waals surface area contributed by atoms with Crippen molar-refractivity contribution in [3.63, 3.8) is 0 Å². The maximum Gasteiger partial charge on any atom is 0.152 e. The van der Waals surface area contributed by atoms with Crippen LogP contribution in [0.2, 0.25) is 0 Å². The van der Waals surface area contributed by atoms with E-state index in [0.29, 0.717) is 19.6 Å². The zero-order valence-corrected chi connectivity index (χ0v) is 11.3. The SMILES string of the molecule is NCCc1ccccc1CN1CCS(=O)(=O)CC1. The van der Waals surface area contributed by atoms with Gasteiger partial charge in [0.15, 0.2) is 9.84 Å². The van der Waals surface area contributed by atoms with Crippen molar-refractivity contribution in [2.24, 2.45) is 5.73 Å². The molecule has 0 radical (unpaired) electrons. The highest BCUT2D eigenvalue weighted by molar-refractivity contribution is 7.91. The summed E-state index contributed by atoms with van der Waals surface area (Å²) in [5, 5.41) is 0. The third-order valence-electron chi connectivity index (χ3n) is 3.36. The van der Waals surface area contributed by atoms with Crippen LogP contribution in [0.15, 0.2) is 24.3 Å². The van der Waals surface area contributed by atoms with Gasteiger partial charge in [-0.25, -0.2) is 8.42 Å². The van der Waals surface area contributed by atoms with Gasteiger partial charge < -0.3 is 5.73 Å². The molecule has 0 saturated carbocycles. The molecule has 1 aliphatic rings. The van der Waals surface area contributed by atoms with Gasteiger partial charge in [0, 0.05) is 19.6 Å². The number of nitrogens with two attached hydrogens (primary N) is 1. The topological polar surface area (TPSA) is 63.4 Å². The molecule has 0 amide bonds. The Labute approximate surface area is 109 Å². The van der Waals surface area contributed by atoms with Crippen LogP contribution in [0.3, 0.4) is 0 Å². The second kappa shape index (κ2) is 5.82. The maximum atomic E-state index is 11.4. The van der Waals surface area contributed by atoms with Gasteiger partial charge in [0.25, 0.3) is 0 Å². The molecular formula is C13H20N2O2S. The summed E-state index contributed by atoms with van der Waals surface area (Å²) in [7, 11) is -2.79. The van der Waals surface area contributed by atoms with E-state index in [0.717, 1.165) is 13.0 Å². The predicted molar refractivity (Wildman–Crippen MR) is 73.1 cm³/mol. The molecule has 4 nitrogen and oxygen atoms in total. The summed E-state index contributed by atoms with van der Waals surface area (Å²) in [5.74, 6) is 0.568. The molecule has 18 heavy (non-hydrogen) atoms. The lowest BCUT2D eigenvalue weighted by Gasteiger charge is -2.27. The predicted octanol–water partition coefficient (Wildman–Crippen LogP) is 0.418. The maximum absolute atomic E-state index is 11.4. The van der Waals surface area contributed by atoms with Crippen molar-refractivity contribution in [1.29, 1.82) is 0 Å². The zero-order chi connectivity index (χ0) is 13.0. The van der Waals surface area contributed by atoms with Gasteiger partial charge in [-0.15, -0.1) is 0 Å². The fraction of sp³-hybridized carbons (Fsp3) is 0.538. The van der Waals surface area contributed by atoms with Gasteiger partial charge in [-0.1, -0.05) is 24.3 Å². The average Bonchev–Trinajstić information content (AvgIpc) is 2.35. The number of hydrogen-bond acceptors (Lipinski definition) is 4. The molecule has 100 valence electrons. The normalized spacial score (nSPS) is 19.8. The van der Waals surface area contributed by atoms with Crippen molar-refractivity contribution < 1.29 is 8.42 Å². The molecule has 0 unspecified atom stereocenters. The van der Waals surface area contributed by atoms with Gasteiger partial charge in [0.1, 0.15) is 0 Å². The largest absolute Gasteiger partial charge is 0.330 e. The van der Waals surface area contributed by atoms with Gasteiger partial charge in [-0.3, -0.25) is 4.90 Å². The highest BCUT2D eigenvalue weighted by Crippen LogP contribution is 2.14. The van der Waals surface area contributed by atoms with E-state index in [1.165, 1.54) is 11.1 Å². The number of rotatable bonds is 4. The molecule has 1 aliphatic heterocycles. The van der Waals surface area contributed by atoms with Crippen LogP contribution < -0.4 is 5.73 Å². The lowest BCUT2D eigenvalue weighted by molar-refractivity contribution is 0.287. The van der Waals surface area contributed by atoms with Crippen LogP contribution in [0, 0.1) is 0 Å². The van der Waals surface area contributed by atoms with Crippen molar-refractivity contribution >= 4 is 9.84 Å². The molecule has 5 heteroatoms. The van der Waals surface area contributed by atoms with Crippen LogP contribution in [0.1, 0.15) is 11.1 Å². The van der Waals surface area contributed by atoms with Gasteiger partial charge in [-0.2, -0.15) is 0 Å². The average molecular weight is 268 g/mol. The first-order chi connectivity index (χ1) is 8.61. The molecule has 1 fully saturated rings. The lowest BCUT2D eigenvalue weighted by Crippen LogP contribution is -2.39. The van der Waals surface area contributed by atoms with Crippen molar-refractivity contribution in [3.05, 3.63) is 35.4 Å². The number of nitrogens with zero attached hydrogens (tertiary/aromatic N) is 1. The van der Waals surface area contributed by atoms with Crippen LogP contribution in [0.4, 0.5) is 0 Å². The minimum Gasteiger partial charge on any atom is -0.330 e. The Morgan fingerprint density at radius 2 is 1.72 bits per heavy atom. The van der Waals surface area contributed by atoms with Crippen LogP contribution in [-0.2, 0) is 22.8 Å². The van der Waals surface area contributed by atoms with Gasteiger partial charge in [-0.05, 0) is 24.1 Å². The molecule has 0 aliphatic carbocycles. The third kappa shape index (κ3) is 3.54. The second-order valence-electron chi connectivity index (χ2n) is 4.74. The monoisotopic (exact) mass is 268 g/mol. The summed E-state index contributed by atoms with van der Waals surface area (Å²) in [6.45, 7) is 2.75. The van der Waals surface area contributed by atoms with E-state index >= 15 is 0 Å². The Hall–Kier alpha value is -0.910. The van der Waals surface area contributed by atoms with Crippen molar-refractivity contribution in [3.8, 4) is 0 Å². The van der Waals surface area contributed by atoms with E-state index in [9.17, 15) is 8.42 Å². The molecular weight excluding hydrogens is 248 g/mol. The highest BCUT2D eigenvalue weighted by atomic mass is 32.2. The molecule has 0 bridgehead atoms.